The van der Waals surface area contributed by atoms with E-state index in [1.54, 1.807) is 0 Å². The van der Waals surface area contributed by atoms with Crippen LogP contribution in [0, 0.1) is 5.41 Å². The van der Waals surface area contributed by atoms with Crippen molar-refractivity contribution in [2.24, 2.45) is 5.41 Å². The summed E-state index contributed by atoms with van der Waals surface area (Å²) >= 11 is 0. The monoisotopic (exact) mass is 179 g/mol. The molecule has 1 heteroatoms. The molecule has 2 aliphatic carbocycles. The lowest BCUT2D eigenvalue weighted by Crippen LogP contribution is -2.41. The second-order valence-electron chi connectivity index (χ2n) is 5.02. The summed E-state index contributed by atoms with van der Waals surface area (Å²) in [6, 6.07) is 1.46. The van der Waals surface area contributed by atoms with Gasteiger partial charge < -0.3 is 5.32 Å². The third-order valence-corrected chi connectivity index (χ3v) is 3.84. The molecule has 0 aromatic carbocycles. The molecule has 0 heterocycles. The first-order valence-electron chi connectivity index (χ1n) is 5.62. The fourth-order valence-electron chi connectivity index (χ4n) is 2.13. The number of rotatable bonds is 3. The van der Waals surface area contributed by atoms with Crippen molar-refractivity contribution in [2.45, 2.75) is 58.0 Å². The van der Waals surface area contributed by atoms with Crippen molar-refractivity contribution in [1.29, 1.82) is 0 Å². The first-order valence-corrected chi connectivity index (χ1v) is 5.62. The molecule has 2 unspecified atom stereocenters. The van der Waals surface area contributed by atoms with Crippen LogP contribution in [0.15, 0.2) is 12.2 Å². The van der Waals surface area contributed by atoms with Crippen LogP contribution in [0.5, 0.6) is 0 Å². The molecule has 74 valence electrons. The topological polar surface area (TPSA) is 12.0 Å². The van der Waals surface area contributed by atoms with Gasteiger partial charge in [-0.05, 0) is 44.4 Å². The summed E-state index contributed by atoms with van der Waals surface area (Å²) in [4.78, 5) is 0. The van der Waals surface area contributed by atoms with Gasteiger partial charge in [-0.3, -0.25) is 0 Å². The molecule has 0 bridgehead atoms. The molecule has 0 radical (unpaired) electrons. The predicted molar refractivity (Wildman–Crippen MR) is 56.7 cm³/mol. The van der Waals surface area contributed by atoms with Gasteiger partial charge in [0, 0.05) is 12.1 Å². The van der Waals surface area contributed by atoms with Crippen molar-refractivity contribution in [3.63, 3.8) is 0 Å². The van der Waals surface area contributed by atoms with Gasteiger partial charge in [-0.15, -0.1) is 0 Å². The summed E-state index contributed by atoms with van der Waals surface area (Å²) < 4.78 is 0. The van der Waals surface area contributed by atoms with Gasteiger partial charge in [-0.1, -0.05) is 19.1 Å². The Kier molecular flexibility index (Phi) is 2.46. The average Bonchev–Trinajstić information content (AvgIpc) is 2.87. The first kappa shape index (κ1) is 9.26. The predicted octanol–water partition coefficient (Wildman–Crippen LogP) is 2.87. The van der Waals surface area contributed by atoms with E-state index >= 15 is 0 Å². The van der Waals surface area contributed by atoms with Crippen molar-refractivity contribution in [1.82, 2.24) is 5.32 Å². The van der Waals surface area contributed by atoms with E-state index in [0.717, 1.165) is 6.04 Å². The zero-order valence-corrected chi connectivity index (χ0v) is 8.84. The number of allylic oxidation sites excluding steroid dienone is 1. The molecule has 0 saturated heterocycles. The van der Waals surface area contributed by atoms with Crippen LogP contribution >= 0.6 is 0 Å². The minimum absolute atomic E-state index is 0.626. The van der Waals surface area contributed by atoms with E-state index < -0.39 is 0 Å². The fourth-order valence-corrected chi connectivity index (χ4v) is 2.13. The highest BCUT2D eigenvalue weighted by atomic mass is 15.0. The van der Waals surface area contributed by atoms with Gasteiger partial charge in [0.1, 0.15) is 0 Å². The average molecular weight is 179 g/mol. The molecule has 0 aromatic rings. The largest absolute Gasteiger partial charge is 0.311 e. The Morgan fingerprint density at radius 2 is 2.15 bits per heavy atom. The summed E-state index contributed by atoms with van der Waals surface area (Å²) in [5.74, 6) is 0. The quantitative estimate of drug-likeness (QED) is 0.657. The minimum atomic E-state index is 0.626. The van der Waals surface area contributed by atoms with E-state index in [1.807, 2.05) is 0 Å². The zero-order valence-electron chi connectivity index (χ0n) is 8.84. The molecule has 0 aliphatic heterocycles. The highest BCUT2D eigenvalue weighted by molar-refractivity contribution is 5.00. The molecule has 2 rings (SSSR count). The van der Waals surface area contributed by atoms with Crippen LogP contribution in [0.3, 0.4) is 0 Å². The van der Waals surface area contributed by atoms with Gasteiger partial charge in [-0.2, -0.15) is 0 Å². The number of nitrogens with one attached hydrogen (secondary N) is 1. The molecular weight excluding hydrogens is 158 g/mol. The lowest BCUT2D eigenvalue weighted by atomic mass is 9.96. The SMILES string of the molecule is CC(NC1CC=CCC1)C1(C)CC1. The Labute approximate surface area is 81.6 Å². The van der Waals surface area contributed by atoms with Crippen LogP contribution in [0.4, 0.5) is 0 Å². The van der Waals surface area contributed by atoms with Crippen molar-refractivity contribution >= 4 is 0 Å². The van der Waals surface area contributed by atoms with Crippen LogP contribution < -0.4 is 5.32 Å². The summed E-state index contributed by atoms with van der Waals surface area (Å²) in [7, 11) is 0. The Bertz CT molecular complexity index is 203. The molecular formula is C12H21N. The first-order chi connectivity index (χ1) is 6.21. The normalized spacial score (nSPS) is 32.9. The van der Waals surface area contributed by atoms with Crippen molar-refractivity contribution in [3.05, 3.63) is 12.2 Å². The Hall–Kier alpha value is -0.300. The molecule has 1 nitrogen and oxygen atoms in total. The highest BCUT2D eigenvalue weighted by Crippen LogP contribution is 2.48. The van der Waals surface area contributed by atoms with E-state index in [0.29, 0.717) is 11.5 Å². The molecule has 0 aromatic heterocycles. The van der Waals surface area contributed by atoms with E-state index in [1.165, 1.54) is 32.1 Å². The third-order valence-electron chi connectivity index (χ3n) is 3.84. The van der Waals surface area contributed by atoms with Crippen LogP contribution in [-0.4, -0.2) is 12.1 Å². The lowest BCUT2D eigenvalue weighted by molar-refractivity contribution is 0.326. The van der Waals surface area contributed by atoms with Crippen molar-refractivity contribution in [3.8, 4) is 0 Å². The Morgan fingerprint density at radius 3 is 2.69 bits per heavy atom. The van der Waals surface area contributed by atoms with Crippen LogP contribution in [0.25, 0.3) is 0 Å². The second-order valence-corrected chi connectivity index (χ2v) is 5.02. The second kappa shape index (κ2) is 3.45. The third kappa shape index (κ3) is 2.14. The van der Waals surface area contributed by atoms with Gasteiger partial charge in [-0.25, -0.2) is 0 Å². The van der Waals surface area contributed by atoms with Crippen LogP contribution in [-0.2, 0) is 0 Å². The van der Waals surface area contributed by atoms with Crippen LogP contribution in [0.1, 0.15) is 46.0 Å². The Morgan fingerprint density at radius 1 is 1.38 bits per heavy atom. The molecule has 13 heavy (non-hydrogen) atoms. The maximum absolute atomic E-state index is 3.77. The maximum atomic E-state index is 3.77. The fraction of sp³-hybridized carbons (Fsp3) is 0.833. The number of hydrogen-bond acceptors (Lipinski definition) is 1. The van der Waals surface area contributed by atoms with E-state index in [2.05, 4.69) is 31.3 Å². The summed E-state index contributed by atoms with van der Waals surface area (Å²) in [6.45, 7) is 4.76. The minimum Gasteiger partial charge on any atom is -0.311 e. The molecule has 1 N–H and O–H groups in total. The summed E-state index contributed by atoms with van der Waals surface area (Å²) in [5.41, 5.74) is 0.626. The van der Waals surface area contributed by atoms with Gasteiger partial charge in [0.15, 0.2) is 0 Å². The smallest absolute Gasteiger partial charge is 0.0107 e. The highest BCUT2D eigenvalue weighted by Gasteiger charge is 2.42. The van der Waals surface area contributed by atoms with Crippen molar-refractivity contribution in [2.75, 3.05) is 0 Å². The lowest BCUT2D eigenvalue weighted by Gasteiger charge is -2.28. The van der Waals surface area contributed by atoms with Gasteiger partial charge >= 0.3 is 0 Å². The van der Waals surface area contributed by atoms with Gasteiger partial charge in [0.2, 0.25) is 0 Å². The standard InChI is InChI=1S/C12H21N/c1-10(12(2)8-9-12)13-11-6-4-3-5-7-11/h3-4,10-11,13H,5-9H2,1-2H3. The molecule has 1 fully saturated rings. The maximum Gasteiger partial charge on any atom is 0.0107 e. The van der Waals surface area contributed by atoms with Crippen molar-refractivity contribution < 1.29 is 0 Å². The number of hydrogen-bond donors (Lipinski definition) is 1. The molecule has 2 atom stereocenters. The Balaban J connectivity index is 1.80. The molecule has 1 saturated carbocycles. The summed E-state index contributed by atoms with van der Waals surface area (Å²) in [6.07, 6.45) is 11.3. The molecule has 0 amide bonds. The molecule has 0 spiro atoms. The molecule has 2 aliphatic rings. The van der Waals surface area contributed by atoms with E-state index in [4.69, 9.17) is 0 Å². The summed E-state index contributed by atoms with van der Waals surface area (Å²) in [5, 5.41) is 3.77. The van der Waals surface area contributed by atoms with Gasteiger partial charge in [0.05, 0.1) is 0 Å². The van der Waals surface area contributed by atoms with E-state index in [-0.39, 0.29) is 0 Å². The van der Waals surface area contributed by atoms with Crippen LogP contribution in [0.2, 0.25) is 0 Å². The zero-order chi connectivity index (χ0) is 9.31. The van der Waals surface area contributed by atoms with E-state index in [9.17, 15) is 0 Å². The van der Waals surface area contributed by atoms with Gasteiger partial charge in [0.25, 0.3) is 0 Å².